The van der Waals surface area contributed by atoms with E-state index >= 15 is 0 Å². The van der Waals surface area contributed by atoms with E-state index in [9.17, 15) is 14.4 Å². The zero-order valence-corrected chi connectivity index (χ0v) is 11.8. The summed E-state index contributed by atoms with van der Waals surface area (Å²) in [7, 11) is 0. The Morgan fingerprint density at radius 2 is 1.73 bits per heavy atom. The van der Waals surface area contributed by atoms with E-state index in [0.29, 0.717) is 0 Å². The number of nitrogens with two attached hydrogens (primary N) is 3. The van der Waals surface area contributed by atoms with Gasteiger partial charge in [0.2, 0.25) is 17.7 Å². The summed E-state index contributed by atoms with van der Waals surface area (Å²) in [5, 5.41) is 0. The van der Waals surface area contributed by atoms with Crippen LogP contribution in [0.5, 0.6) is 0 Å². The Labute approximate surface area is 126 Å². The minimum atomic E-state index is -1.23. The number of carbonyl (C=O) groups excluding carboxylic acids is 3. The highest BCUT2D eigenvalue weighted by molar-refractivity contribution is 6.02. The molecule has 1 aromatic rings. The van der Waals surface area contributed by atoms with Crippen molar-refractivity contribution in [2.24, 2.45) is 22.6 Å². The van der Waals surface area contributed by atoms with Gasteiger partial charge in [-0.3, -0.25) is 19.4 Å². The van der Waals surface area contributed by atoms with Crippen molar-refractivity contribution < 1.29 is 14.4 Å². The van der Waals surface area contributed by atoms with Gasteiger partial charge in [-0.2, -0.15) is 0 Å². The third kappa shape index (κ3) is 3.03. The maximum absolute atomic E-state index is 12.0. The molecule has 1 atom stereocenters. The molecule has 1 aliphatic rings. The van der Waals surface area contributed by atoms with Crippen LogP contribution >= 0.6 is 0 Å². The molecule has 0 aliphatic heterocycles. The highest BCUT2D eigenvalue weighted by Crippen LogP contribution is 2.37. The Kier molecular flexibility index (Phi) is 4.07. The van der Waals surface area contributed by atoms with E-state index in [1.165, 1.54) is 12.2 Å². The Morgan fingerprint density at radius 3 is 2.23 bits per heavy atom. The molecule has 0 bridgehead atoms. The van der Waals surface area contributed by atoms with E-state index < -0.39 is 23.1 Å². The Hall–Kier alpha value is -2.96. The monoisotopic (exact) mass is 300 g/mol. The van der Waals surface area contributed by atoms with Gasteiger partial charge in [-0.25, -0.2) is 0 Å². The number of amides is 3. The molecule has 7 heteroatoms. The van der Waals surface area contributed by atoms with Crippen LogP contribution in [0, 0.1) is 5.41 Å². The SMILES string of the molecule is NC(=O)C1=CC(Cc2ccncc2)(C(N)=O)CC(C(N)=O)=C1. The molecule has 0 spiro atoms. The fourth-order valence-electron chi connectivity index (χ4n) is 2.49. The Morgan fingerprint density at radius 1 is 1.09 bits per heavy atom. The van der Waals surface area contributed by atoms with Crippen LogP contribution in [-0.4, -0.2) is 22.7 Å². The first-order chi connectivity index (χ1) is 10.3. The van der Waals surface area contributed by atoms with Crippen molar-refractivity contribution in [3.8, 4) is 0 Å². The zero-order valence-electron chi connectivity index (χ0n) is 11.8. The summed E-state index contributed by atoms with van der Waals surface area (Å²) in [6.45, 7) is 0. The Bertz CT molecular complexity index is 694. The summed E-state index contributed by atoms with van der Waals surface area (Å²) in [5.74, 6) is -2.12. The van der Waals surface area contributed by atoms with Gasteiger partial charge < -0.3 is 17.2 Å². The minimum absolute atomic E-state index is 0.0246. The van der Waals surface area contributed by atoms with Gasteiger partial charge in [0, 0.05) is 23.5 Å². The van der Waals surface area contributed by atoms with Gasteiger partial charge >= 0.3 is 0 Å². The first-order valence-electron chi connectivity index (χ1n) is 6.56. The van der Waals surface area contributed by atoms with Crippen molar-refractivity contribution in [1.29, 1.82) is 0 Å². The van der Waals surface area contributed by atoms with Gasteiger partial charge in [-0.15, -0.1) is 0 Å². The van der Waals surface area contributed by atoms with Crippen LogP contribution in [0.15, 0.2) is 47.8 Å². The number of pyridine rings is 1. The van der Waals surface area contributed by atoms with Crippen molar-refractivity contribution in [2.75, 3.05) is 0 Å². The molecule has 114 valence electrons. The summed E-state index contributed by atoms with van der Waals surface area (Å²) in [5.41, 5.74) is 15.9. The van der Waals surface area contributed by atoms with Gasteiger partial charge in [0.15, 0.2) is 0 Å². The maximum Gasteiger partial charge on any atom is 0.248 e. The predicted molar refractivity (Wildman–Crippen MR) is 78.7 cm³/mol. The normalized spacial score (nSPS) is 20.7. The average Bonchev–Trinajstić information content (AvgIpc) is 2.47. The highest BCUT2D eigenvalue weighted by atomic mass is 16.2. The van der Waals surface area contributed by atoms with Gasteiger partial charge in [0.05, 0.1) is 5.41 Å². The molecule has 0 saturated heterocycles. The van der Waals surface area contributed by atoms with Gasteiger partial charge in [0.25, 0.3) is 0 Å². The van der Waals surface area contributed by atoms with Gasteiger partial charge in [-0.05, 0) is 36.6 Å². The summed E-state index contributed by atoms with van der Waals surface area (Å²) < 4.78 is 0. The third-order valence-electron chi connectivity index (χ3n) is 3.63. The second kappa shape index (κ2) is 5.80. The molecule has 0 saturated carbocycles. The summed E-state index contributed by atoms with van der Waals surface area (Å²) in [6.07, 6.45) is 6.12. The van der Waals surface area contributed by atoms with Crippen molar-refractivity contribution in [3.05, 3.63) is 53.4 Å². The van der Waals surface area contributed by atoms with Crippen LogP contribution in [0.3, 0.4) is 0 Å². The lowest BCUT2D eigenvalue weighted by atomic mass is 9.71. The van der Waals surface area contributed by atoms with Crippen molar-refractivity contribution in [2.45, 2.75) is 12.8 Å². The summed E-state index contributed by atoms with van der Waals surface area (Å²) in [6, 6.07) is 3.45. The molecule has 0 fully saturated rings. The van der Waals surface area contributed by atoms with E-state index in [2.05, 4.69) is 4.98 Å². The van der Waals surface area contributed by atoms with E-state index in [4.69, 9.17) is 17.2 Å². The number of aromatic nitrogens is 1. The molecule has 1 heterocycles. The fraction of sp³-hybridized carbons (Fsp3) is 0.200. The summed E-state index contributed by atoms with van der Waals surface area (Å²) >= 11 is 0. The van der Waals surface area contributed by atoms with Crippen LogP contribution in [0.1, 0.15) is 12.0 Å². The molecule has 6 N–H and O–H groups in total. The molecule has 3 amide bonds. The fourth-order valence-corrected chi connectivity index (χ4v) is 2.49. The Balaban J connectivity index is 2.50. The molecule has 22 heavy (non-hydrogen) atoms. The maximum atomic E-state index is 12.0. The van der Waals surface area contributed by atoms with Crippen LogP contribution in [0.4, 0.5) is 0 Å². The van der Waals surface area contributed by atoms with Gasteiger partial charge in [0.1, 0.15) is 0 Å². The molecule has 7 nitrogen and oxygen atoms in total. The van der Waals surface area contributed by atoms with Crippen molar-refractivity contribution in [3.63, 3.8) is 0 Å². The lowest BCUT2D eigenvalue weighted by Gasteiger charge is -2.31. The van der Waals surface area contributed by atoms with Crippen LogP contribution in [0.25, 0.3) is 0 Å². The van der Waals surface area contributed by atoms with E-state index in [1.54, 1.807) is 24.5 Å². The molecular weight excluding hydrogens is 284 g/mol. The van der Waals surface area contributed by atoms with E-state index in [0.717, 1.165) is 5.56 Å². The van der Waals surface area contributed by atoms with Crippen molar-refractivity contribution in [1.82, 2.24) is 4.98 Å². The number of hydrogen-bond donors (Lipinski definition) is 3. The largest absolute Gasteiger partial charge is 0.369 e. The number of carbonyl (C=O) groups is 3. The second-order valence-corrected chi connectivity index (χ2v) is 5.23. The lowest BCUT2D eigenvalue weighted by Crippen LogP contribution is -2.41. The highest BCUT2D eigenvalue weighted by Gasteiger charge is 2.39. The first kappa shape index (κ1) is 15.4. The van der Waals surface area contributed by atoms with Crippen LogP contribution < -0.4 is 17.2 Å². The molecule has 1 aliphatic carbocycles. The molecule has 2 rings (SSSR count). The first-order valence-corrected chi connectivity index (χ1v) is 6.56. The standard InChI is InChI=1S/C15H16N4O3/c16-12(20)10-5-11(13(17)21)8-15(7-10,14(18)22)6-9-1-3-19-4-2-9/h1-5,7H,6,8H2,(H2,16,20)(H2,17,21)(H2,18,22). The van der Waals surface area contributed by atoms with Gasteiger partial charge in [-0.1, -0.05) is 6.08 Å². The smallest absolute Gasteiger partial charge is 0.248 e. The molecule has 1 unspecified atom stereocenters. The van der Waals surface area contributed by atoms with Crippen LogP contribution in [0.2, 0.25) is 0 Å². The average molecular weight is 300 g/mol. The van der Waals surface area contributed by atoms with Crippen molar-refractivity contribution >= 4 is 17.7 Å². The third-order valence-corrected chi connectivity index (χ3v) is 3.63. The number of primary amides is 3. The molecule has 0 aromatic carbocycles. The van der Waals surface area contributed by atoms with Crippen LogP contribution in [-0.2, 0) is 20.8 Å². The van der Waals surface area contributed by atoms with E-state index in [-0.39, 0.29) is 24.0 Å². The minimum Gasteiger partial charge on any atom is -0.369 e. The predicted octanol–water partition coefficient (Wildman–Crippen LogP) is -0.677. The number of rotatable bonds is 5. The zero-order chi connectivity index (χ0) is 16.3. The summed E-state index contributed by atoms with van der Waals surface area (Å²) in [4.78, 5) is 38.9. The molecule has 0 radical (unpaired) electrons. The quantitative estimate of drug-likeness (QED) is 0.662. The molecular formula is C15H16N4O3. The number of hydrogen-bond acceptors (Lipinski definition) is 4. The second-order valence-electron chi connectivity index (χ2n) is 5.23. The lowest BCUT2D eigenvalue weighted by molar-refractivity contribution is -0.125. The molecule has 1 aromatic heterocycles. The topological polar surface area (TPSA) is 142 Å². The number of nitrogens with zero attached hydrogens (tertiary/aromatic N) is 1. The van der Waals surface area contributed by atoms with E-state index in [1.807, 2.05) is 0 Å².